The normalized spacial score (nSPS) is 15.2. The molecule has 0 unspecified atom stereocenters. The fourth-order valence-electron chi connectivity index (χ4n) is 1.69. The van der Waals surface area contributed by atoms with E-state index in [-0.39, 0.29) is 18.3 Å². The average Bonchev–Trinajstić information content (AvgIpc) is 2.34. The number of piperazine rings is 1. The van der Waals surface area contributed by atoms with Crippen molar-refractivity contribution in [3.05, 3.63) is 29.6 Å². The van der Waals surface area contributed by atoms with Crippen LogP contribution in [0.5, 0.6) is 0 Å². The van der Waals surface area contributed by atoms with Crippen LogP contribution in [0.25, 0.3) is 0 Å². The van der Waals surface area contributed by atoms with Crippen LogP contribution in [0.4, 0.5) is 14.9 Å². The molecule has 0 saturated carbocycles. The van der Waals surface area contributed by atoms with E-state index in [1.54, 1.807) is 19.1 Å². The molecule has 0 aliphatic carbocycles. The number of carbonyl (C=O) groups excluding carboxylic acids is 2. The van der Waals surface area contributed by atoms with Crippen molar-refractivity contribution in [2.45, 2.75) is 6.92 Å². The van der Waals surface area contributed by atoms with Gasteiger partial charge in [0.1, 0.15) is 12.4 Å². The number of halogens is 1. The molecule has 1 fully saturated rings. The van der Waals surface area contributed by atoms with Crippen LogP contribution in [0.2, 0.25) is 0 Å². The molecule has 1 aliphatic rings. The van der Waals surface area contributed by atoms with E-state index in [4.69, 9.17) is 0 Å². The van der Waals surface area contributed by atoms with Crippen molar-refractivity contribution in [3.63, 3.8) is 0 Å². The first-order chi connectivity index (χ1) is 8.56. The standard InChI is InChI=1S/C12H14FN3O2/c1-8-2-3-9(6-10(8)13)15-12(18)16-5-4-14-11(17)7-16/h2-3,6H,4-5,7H2,1H3,(H,14,17)(H,15,18). The Bertz CT molecular complexity index is 490. The van der Waals surface area contributed by atoms with Gasteiger partial charge in [0.05, 0.1) is 0 Å². The van der Waals surface area contributed by atoms with Gasteiger partial charge in [-0.3, -0.25) is 4.79 Å². The van der Waals surface area contributed by atoms with Gasteiger partial charge in [-0.2, -0.15) is 0 Å². The molecule has 0 radical (unpaired) electrons. The van der Waals surface area contributed by atoms with Crippen LogP contribution in [0.15, 0.2) is 18.2 Å². The van der Waals surface area contributed by atoms with Crippen molar-refractivity contribution in [3.8, 4) is 0 Å². The summed E-state index contributed by atoms with van der Waals surface area (Å²) in [5.41, 5.74) is 0.902. The Labute approximate surface area is 104 Å². The Morgan fingerprint density at radius 3 is 2.94 bits per heavy atom. The summed E-state index contributed by atoms with van der Waals surface area (Å²) < 4.78 is 13.3. The molecular weight excluding hydrogens is 237 g/mol. The second kappa shape index (κ2) is 5.03. The number of anilines is 1. The number of hydrogen-bond acceptors (Lipinski definition) is 2. The topological polar surface area (TPSA) is 61.4 Å². The summed E-state index contributed by atoms with van der Waals surface area (Å²) in [5.74, 6) is -0.560. The van der Waals surface area contributed by atoms with E-state index < -0.39 is 6.03 Å². The Morgan fingerprint density at radius 1 is 1.50 bits per heavy atom. The summed E-state index contributed by atoms with van der Waals surface area (Å²) in [7, 11) is 0. The van der Waals surface area contributed by atoms with Gasteiger partial charge in [-0.1, -0.05) is 6.07 Å². The van der Waals surface area contributed by atoms with Crippen molar-refractivity contribution in [1.82, 2.24) is 10.2 Å². The van der Waals surface area contributed by atoms with Gasteiger partial charge in [-0.05, 0) is 24.6 Å². The molecule has 1 aliphatic heterocycles. The first kappa shape index (κ1) is 12.3. The smallest absolute Gasteiger partial charge is 0.322 e. The Morgan fingerprint density at radius 2 is 2.28 bits per heavy atom. The van der Waals surface area contributed by atoms with Crippen LogP contribution in [0.1, 0.15) is 5.56 Å². The lowest BCUT2D eigenvalue weighted by atomic mass is 10.2. The highest BCUT2D eigenvalue weighted by atomic mass is 19.1. The molecule has 0 bridgehead atoms. The molecule has 96 valence electrons. The van der Waals surface area contributed by atoms with Gasteiger partial charge in [-0.15, -0.1) is 0 Å². The highest BCUT2D eigenvalue weighted by Crippen LogP contribution is 2.14. The molecule has 1 saturated heterocycles. The molecular formula is C12H14FN3O2. The number of hydrogen-bond donors (Lipinski definition) is 2. The molecule has 0 spiro atoms. The second-order valence-electron chi connectivity index (χ2n) is 4.17. The molecule has 2 N–H and O–H groups in total. The number of urea groups is 1. The lowest BCUT2D eigenvalue weighted by Gasteiger charge is -2.26. The molecule has 1 aromatic rings. The van der Waals surface area contributed by atoms with Crippen molar-refractivity contribution in [2.24, 2.45) is 0 Å². The number of aryl methyl sites for hydroxylation is 1. The maximum absolute atomic E-state index is 13.3. The van der Waals surface area contributed by atoms with Gasteiger partial charge in [0, 0.05) is 18.8 Å². The fourth-order valence-corrected chi connectivity index (χ4v) is 1.69. The quantitative estimate of drug-likeness (QED) is 0.785. The largest absolute Gasteiger partial charge is 0.353 e. The number of rotatable bonds is 1. The van der Waals surface area contributed by atoms with Crippen molar-refractivity contribution < 1.29 is 14.0 Å². The zero-order valence-electron chi connectivity index (χ0n) is 10.00. The predicted octanol–water partition coefficient (Wildman–Crippen LogP) is 1.10. The van der Waals surface area contributed by atoms with E-state index in [1.807, 2.05) is 0 Å². The maximum atomic E-state index is 13.3. The van der Waals surface area contributed by atoms with Crippen molar-refractivity contribution >= 4 is 17.6 Å². The van der Waals surface area contributed by atoms with E-state index >= 15 is 0 Å². The van der Waals surface area contributed by atoms with E-state index in [2.05, 4.69) is 10.6 Å². The summed E-state index contributed by atoms with van der Waals surface area (Å²) >= 11 is 0. The number of amides is 3. The average molecular weight is 251 g/mol. The number of nitrogens with zero attached hydrogens (tertiary/aromatic N) is 1. The molecule has 0 atom stereocenters. The van der Waals surface area contributed by atoms with Gasteiger partial charge in [0.2, 0.25) is 5.91 Å². The monoisotopic (exact) mass is 251 g/mol. The molecule has 5 nitrogen and oxygen atoms in total. The second-order valence-corrected chi connectivity index (χ2v) is 4.17. The molecule has 1 aromatic carbocycles. The molecule has 3 amide bonds. The highest BCUT2D eigenvalue weighted by molar-refractivity contribution is 5.93. The van der Waals surface area contributed by atoms with Crippen LogP contribution in [-0.4, -0.2) is 36.5 Å². The third kappa shape index (κ3) is 2.77. The Kier molecular flexibility index (Phi) is 3.45. The first-order valence-electron chi connectivity index (χ1n) is 5.65. The fraction of sp³-hybridized carbons (Fsp3) is 0.333. The first-order valence-corrected chi connectivity index (χ1v) is 5.65. The van der Waals surface area contributed by atoms with Crippen molar-refractivity contribution in [1.29, 1.82) is 0 Å². The van der Waals surface area contributed by atoms with Gasteiger partial charge >= 0.3 is 6.03 Å². The van der Waals surface area contributed by atoms with Crippen LogP contribution >= 0.6 is 0 Å². The van der Waals surface area contributed by atoms with Crippen LogP contribution in [-0.2, 0) is 4.79 Å². The maximum Gasteiger partial charge on any atom is 0.322 e. The summed E-state index contributed by atoms with van der Waals surface area (Å²) in [4.78, 5) is 24.3. The van der Waals surface area contributed by atoms with Gasteiger partial charge in [0.15, 0.2) is 0 Å². The minimum atomic E-state index is -0.395. The summed E-state index contributed by atoms with van der Waals surface area (Å²) in [6.45, 7) is 2.57. The Balaban J connectivity index is 2.02. The SMILES string of the molecule is Cc1ccc(NC(=O)N2CCNC(=O)C2)cc1F. The molecule has 6 heteroatoms. The lowest BCUT2D eigenvalue weighted by Crippen LogP contribution is -2.51. The van der Waals surface area contributed by atoms with E-state index in [0.29, 0.717) is 24.3 Å². The van der Waals surface area contributed by atoms with Gasteiger partial charge < -0.3 is 15.5 Å². The predicted molar refractivity (Wildman–Crippen MR) is 64.7 cm³/mol. The van der Waals surface area contributed by atoms with Crippen LogP contribution in [0, 0.1) is 12.7 Å². The summed E-state index contributed by atoms with van der Waals surface area (Å²) in [6.07, 6.45) is 0. The minimum Gasteiger partial charge on any atom is -0.353 e. The van der Waals surface area contributed by atoms with Gasteiger partial charge in [0.25, 0.3) is 0 Å². The molecule has 2 rings (SSSR count). The molecule has 0 aromatic heterocycles. The van der Waals surface area contributed by atoms with E-state index in [9.17, 15) is 14.0 Å². The summed E-state index contributed by atoms with van der Waals surface area (Å²) in [6, 6.07) is 4.08. The zero-order chi connectivity index (χ0) is 13.1. The van der Waals surface area contributed by atoms with Crippen LogP contribution in [0.3, 0.4) is 0 Å². The molecule has 1 heterocycles. The van der Waals surface area contributed by atoms with E-state index in [0.717, 1.165) is 0 Å². The number of benzene rings is 1. The number of nitrogens with one attached hydrogen (secondary N) is 2. The molecule has 18 heavy (non-hydrogen) atoms. The summed E-state index contributed by atoms with van der Waals surface area (Å²) in [5, 5.41) is 5.19. The minimum absolute atomic E-state index is 0.0280. The Hall–Kier alpha value is -2.11. The highest BCUT2D eigenvalue weighted by Gasteiger charge is 2.21. The lowest BCUT2D eigenvalue weighted by molar-refractivity contribution is -0.123. The van der Waals surface area contributed by atoms with Crippen molar-refractivity contribution in [2.75, 3.05) is 25.0 Å². The van der Waals surface area contributed by atoms with Crippen LogP contribution < -0.4 is 10.6 Å². The third-order valence-electron chi connectivity index (χ3n) is 2.75. The zero-order valence-corrected chi connectivity index (χ0v) is 10.00. The van der Waals surface area contributed by atoms with E-state index in [1.165, 1.54) is 11.0 Å². The van der Waals surface area contributed by atoms with Gasteiger partial charge in [-0.25, -0.2) is 9.18 Å². The number of carbonyl (C=O) groups is 2. The third-order valence-corrected chi connectivity index (χ3v) is 2.75.